The number of likely N-dealkylation sites (tertiary alicyclic amines) is 1. The fourth-order valence-electron chi connectivity index (χ4n) is 3.04. The molecule has 0 atom stereocenters. The minimum absolute atomic E-state index is 0.00284. The van der Waals surface area contributed by atoms with E-state index in [4.69, 9.17) is 0 Å². The van der Waals surface area contributed by atoms with Crippen LogP contribution in [0.4, 0.5) is 0 Å². The summed E-state index contributed by atoms with van der Waals surface area (Å²) in [7, 11) is 0. The average Bonchev–Trinajstić information content (AvgIpc) is 2.72. The minimum atomic E-state index is -0.0335. The van der Waals surface area contributed by atoms with E-state index in [1.54, 1.807) is 18.5 Å². The maximum Gasteiger partial charge on any atom is 0.246 e. The van der Waals surface area contributed by atoms with E-state index in [2.05, 4.69) is 10.3 Å². The molecule has 0 bridgehead atoms. The van der Waals surface area contributed by atoms with Crippen molar-refractivity contribution in [2.45, 2.75) is 19.4 Å². The minimum Gasteiger partial charge on any atom is -0.352 e. The fraction of sp³-hybridized carbons (Fsp3) is 0.286. The van der Waals surface area contributed by atoms with Gasteiger partial charge in [0.25, 0.3) is 0 Å². The summed E-state index contributed by atoms with van der Waals surface area (Å²) in [5.74, 6) is 0.0256. The number of carbonyl (C=O) groups is 2. The van der Waals surface area contributed by atoms with Gasteiger partial charge in [0, 0.05) is 44.0 Å². The Morgan fingerprint density at radius 2 is 1.88 bits per heavy atom. The van der Waals surface area contributed by atoms with Gasteiger partial charge in [0.15, 0.2) is 0 Å². The largest absolute Gasteiger partial charge is 0.352 e. The molecule has 2 heterocycles. The van der Waals surface area contributed by atoms with Crippen LogP contribution in [0, 0.1) is 5.92 Å². The Balaban J connectivity index is 1.44. The highest BCUT2D eigenvalue weighted by atomic mass is 16.2. The topological polar surface area (TPSA) is 62.3 Å². The third-order valence-corrected chi connectivity index (χ3v) is 4.58. The van der Waals surface area contributed by atoms with Gasteiger partial charge in [-0.3, -0.25) is 14.6 Å². The molecule has 0 saturated carbocycles. The van der Waals surface area contributed by atoms with Crippen LogP contribution in [0.3, 0.4) is 0 Å². The number of carbonyl (C=O) groups excluding carboxylic acids is 2. The van der Waals surface area contributed by atoms with Gasteiger partial charge in [0.1, 0.15) is 0 Å². The van der Waals surface area contributed by atoms with E-state index in [9.17, 15) is 9.59 Å². The van der Waals surface area contributed by atoms with Crippen molar-refractivity contribution in [2.24, 2.45) is 5.92 Å². The van der Waals surface area contributed by atoms with Gasteiger partial charge in [-0.05, 0) is 36.1 Å². The van der Waals surface area contributed by atoms with Gasteiger partial charge >= 0.3 is 0 Å². The quantitative estimate of drug-likeness (QED) is 0.844. The number of pyridine rings is 1. The summed E-state index contributed by atoms with van der Waals surface area (Å²) in [6.07, 6.45) is 8.30. The summed E-state index contributed by atoms with van der Waals surface area (Å²) in [4.78, 5) is 30.5. The van der Waals surface area contributed by atoms with Crippen LogP contribution in [-0.4, -0.2) is 34.8 Å². The molecular weight excluding hydrogens is 326 g/mol. The van der Waals surface area contributed by atoms with Crippen LogP contribution < -0.4 is 5.32 Å². The first kappa shape index (κ1) is 17.9. The Kier molecular flexibility index (Phi) is 6.14. The Morgan fingerprint density at radius 3 is 2.58 bits per heavy atom. The molecule has 3 rings (SSSR count). The molecule has 1 saturated heterocycles. The van der Waals surface area contributed by atoms with Crippen molar-refractivity contribution < 1.29 is 9.59 Å². The van der Waals surface area contributed by atoms with Crippen LogP contribution in [0.5, 0.6) is 0 Å². The highest BCUT2D eigenvalue weighted by Gasteiger charge is 2.26. The molecule has 1 aliphatic heterocycles. The zero-order valence-corrected chi connectivity index (χ0v) is 14.7. The molecule has 26 heavy (non-hydrogen) atoms. The second-order valence-corrected chi connectivity index (χ2v) is 6.42. The normalized spacial score (nSPS) is 15.2. The highest BCUT2D eigenvalue weighted by Crippen LogP contribution is 2.18. The van der Waals surface area contributed by atoms with Crippen LogP contribution >= 0.6 is 0 Å². The van der Waals surface area contributed by atoms with Crippen molar-refractivity contribution >= 4 is 17.9 Å². The lowest BCUT2D eigenvalue weighted by molar-refractivity contribution is -0.132. The maximum absolute atomic E-state index is 12.3. The molecule has 1 aliphatic rings. The number of nitrogens with one attached hydrogen (secondary N) is 1. The molecule has 1 N–H and O–H groups in total. The Labute approximate surface area is 153 Å². The number of nitrogens with zero attached hydrogens (tertiary/aromatic N) is 2. The summed E-state index contributed by atoms with van der Waals surface area (Å²) in [5, 5.41) is 2.96. The van der Waals surface area contributed by atoms with E-state index >= 15 is 0 Å². The van der Waals surface area contributed by atoms with E-state index in [1.165, 1.54) is 0 Å². The van der Waals surface area contributed by atoms with Crippen LogP contribution in [0.2, 0.25) is 0 Å². The van der Waals surface area contributed by atoms with Crippen LogP contribution in [-0.2, 0) is 16.1 Å². The summed E-state index contributed by atoms with van der Waals surface area (Å²) in [5.41, 5.74) is 1.99. The number of aromatic nitrogens is 1. The molecule has 1 aromatic heterocycles. The summed E-state index contributed by atoms with van der Waals surface area (Å²) in [6.45, 7) is 1.72. The van der Waals surface area contributed by atoms with E-state index in [0.29, 0.717) is 32.5 Å². The van der Waals surface area contributed by atoms with Crippen molar-refractivity contribution in [1.82, 2.24) is 15.2 Å². The fourth-order valence-corrected chi connectivity index (χ4v) is 3.04. The van der Waals surface area contributed by atoms with E-state index in [-0.39, 0.29) is 17.7 Å². The van der Waals surface area contributed by atoms with Crippen molar-refractivity contribution in [3.63, 3.8) is 0 Å². The summed E-state index contributed by atoms with van der Waals surface area (Å²) in [6, 6.07) is 13.6. The molecule has 0 unspecified atom stereocenters. The molecule has 1 fully saturated rings. The monoisotopic (exact) mass is 349 g/mol. The van der Waals surface area contributed by atoms with Crippen molar-refractivity contribution in [2.75, 3.05) is 13.1 Å². The van der Waals surface area contributed by atoms with Crippen LogP contribution in [0.15, 0.2) is 60.9 Å². The first-order chi connectivity index (χ1) is 12.7. The summed E-state index contributed by atoms with van der Waals surface area (Å²) < 4.78 is 0. The third kappa shape index (κ3) is 5.02. The zero-order valence-electron chi connectivity index (χ0n) is 14.7. The van der Waals surface area contributed by atoms with Gasteiger partial charge in [-0.2, -0.15) is 0 Å². The second kappa shape index (κ2) is 8.94. The molecule has 1 aromatic carbocycles. The zero-order chi connectivity index (χ0) is 18.2. The molecule has 2 amide bonds. The molecule has 0 radical (unpaired) electrons. The Bertz CT molecular complexity index is 751. The first-order valence-corrected chi connectivity index (χ1v) is 8.91. The lowest BCUT2D eigenvalue weighted by Gasteiger charge is -2.30. The van der Waals surface area contributed by atoms with Gasteiger partial charge in [0.05, 0.1) is 0 Å². The maximum atomic E-state index is 12.3. The second-order valence-electron chi connectivity index (χ2n) is 6.42. The standard InChI is InChI=1S/C21H23N3O2/c25-20(9-8-17-5-2-1-3-6-17)24-13-10-19(11-14-24)21(26)23-16-18-7-4-12-22-15-18/h1-9,12,15,19H,10-11,13-14,16H2,(H,23,26)/b9-8+. The Morgan fingerprint density at radius 1 is 1.12 bits per heavy atom. The predicted octanol–water partition coefficient (Wildman–Crippen LogP) is 2.65. The van der Waals surface area contributed by atoms with Gasteiger partial charge in [0.2, 0.25) is 11.8 Å². The first-order valence-electron chi connectivity index (χ1n) is 8.91. The van der Waals surface area contributed by atoms with Gasteiger partial charge in [-0.15, -0.1) is 0 Å². The smallest absolute Gasteiger partial charge is 0.246 e. The molecule has 0 spiro atoms. The third-order valence-electron chi connectivity index (χ3n) is 4.58. The lowest BCUT2D eigenvalue weighted by Crippen LogP contribution is -2.42. The van der Waals surface area contributed by atoms with E-state index in [1.807, 2.05) is 53.4 Å². The van der Waals surface area contributed by atoms with Gasteiger partial charge in [-0.25, -0.2) is 0 Å². The number of hydrogen-bond donors (Lipinski definition) is 1. The van der Waals surface area contributed by atoms with Gasteiger partial charge < -0.3 is 10.2 Å². The number of benzene rings is 1. The molecular formula is C21H23N3O2. The Hall–Kier alpha value is -2.95. The summed E-state index contributed by atoms with van der Waals surface area (Å²) >= 11 is 0. The van der Waals surface area contributed by atoms with Gasteiger partial charge in [-0.1, -0.05) is 36.4 Å². The van der Waals surface area contributed by atoms with E-state index < -0.39 is 0 Å². The molecule has 2 aromatic rings. The average molecular weight is 349 g/mol. The molecule has 5 heteroatoms. The number of rotatable bonds is 5. The van der Waals surface area contributed by atoms with Crippen LogP contribution in [0.25, 0.3) is 6.08 Å². The predicted molar refractivity (Wildman–Crippen MR) is 101 cm³/mol. The van der Waals surface area contributed by atoms with E-state index in [0.717, 1.165) is 11.1 Å². The molecule has 134 valence electrons. The number of amides is 2. The van der Waals surface area contributed by atoms with Crippen molar-refractivity contribution in [3.05, 3.63) is 72.1 Å². The molecule has 0 aliphatic carbocycles. The number of hydrogen-bond acceptors (Lipinski definition) is 3. The number of piperidine rings is 1. The highest BCUT2D eigenvalue weighted by molar-refractivity contribution is 5.92. The van der Waals surface area contributed by atoms with Crippen molar-refractivity contribution in [1.29, 1.82) is 0 Å². The van der Waals surface area contributed by atoms with Crippen molar-refractivity contribution in [3.8, 4) is 0 Å². The lowest BCUT2D eigenvalue weighted by atomic mass is 9.95. The van der Waals surface area contributed by atoms with Crippen LogP contribution in [0.1, 0.15) is 24.0 Å². The molecule has 5 nitrogen and oxygen atoms in total. The SMILES string of the molecule is O=C(NCc1cccnc1)C1CCN(C(=O)/C=C/c2ccccc2)CC1.